The lowest BCUT2D eigenvalue weighted by Crippen LogP contribution is -2.50. The molecule has 24 heavy (non-hydrogen) atoms. The van der Waals surface area contributed by atoms with Gasteiger partial charge in [0.1, 0.15) is 6.10 Å². The fourth-order valence-electron chi connectivity index (χ4n) is 6.19. The molecule has 1 saturated carbocycles. The van der Waals surface area contributed by atoms with Crippen molar-refractivity contribution in [3.8, 4) is 0 Å². The van der Waals surface area contributed by atoms with Crippen molar-refractivity contribution in [3.63, 3.8) is 0 Å². The minimum Gasteiger partial charge on any atom is -0.461 e. The van der Waals surface area contributed by atoms with Gasteiger partial charge in [-0.05, 0) is 44.1 Å². The molecule has 126 valence electrons. The van der Waals surface area contributed by atoms with Crippen LogP contribution in [0.2, 0.25) is 0 Å². The standard InChI is InChI=1S/C20H22O4/c1-19-7-3-8-20(2)17(19)14(24-18(20)22)10-12-13(19)5-4-11-6-9-23-16(11)15(12)21/h6,9,14,17H,3-5,7-8,10H2,1-2H3. The van der Waals surface area contributed by atoms with Crippen molar-refractivity contribution in [2.75, 3.05) is 0 Å². The number of furan rings is 1. The zero-order chi connectivity index (χ0) is 16.7. The van der Waals surface area contributed by atoms with Crippen LogP contribution in [0.15, 0.2) is 27.9 Å². The molecule has 4 nitrogen and oxygen atoms in total. The van der Waals surface area contributed by atoms with E-state index >= 15 is 0 Å². The smallest absolute Gasteiger partial charge is 0.312 e. The van der Waals surface area contributed by atoms with Crippen LogP contribution in [0.3, 0.4) is 0 Å². The van der Waals surface area contributed by atoms with Gasteiger partial charge in [-0.15, -0.1) is 0 Å². The maximum atomic E-state index is 13.1. The molecule has 3 aliphatic carbocycles. The highest BCUT2D eigenvalue weighted by Gasteiger charge is 2.65. The second-order valence-electron chi connectivity index (χ2n) is 8.38. The summed E-state index contributed by atoms with van der Waals surface area (Å²) in [4.78, 5) is 25.7. The van der Waals surface area contributed by atoms with Crippen LogP contribution in [0, 0.1) is 16.7 Å². The molecular weight excluding hydrogens is 304 g/mol. The fourth-order valence-corrected chi connectivity index (χ4v) is 6.19. The van der Waals surface area contributed by atoms with Crippen LogP contribution in [0.5, 0.6) is 0 Å². The third-order valence-electron chi connectivity index (χ3n) is 7.19. The topological polar surface area (TPSA) is 56.5 Å². The first-order chi connectivity index (χ1) is 11.4. The van der Waals surface area contributed by atoms with Gasteiger partial charge in [-0.2, -0.15) is 0 Å². The van der Waals surface area contributed by atoms with Crippen LogP contribution in [0.4, 0.5) is 0 Å². The Bertz CT molecular complexity index is 800. The van der Waals surface area contributed by atoms with Gasteiger partial charge in [0.2, 0.25) is 5.78 Å². The molecule has 5 rings (SSSR count). The van der Waals surface area contributed by atoms with Crippen molar-refractivity contribution in [2.45, 2.75) is 58.5 Å². The van der Waals surface area contributed by atoms with Crippen LogP contribution >= 0.6 is 0 Å². The average molecular weight is 326 g/mol. The van der Waals surface area contributed by atoms with E-state index in [0.29, 0.717) is 12.2 Å². The van der Waals surface area contributed by atoms with Gasteiger partial charge in [0.25, 0.3) is 0 Å². The Kier molecular flexibility index (Phi) is 2.66. The molecule has 0 spiro atoms. The number of allylic oxidation sites excluding steroid dienone is 1. The summed E-state index contributed by atoms with van der Waals surface area (Å²) in [7, 11) is 0. The largest absolute Gasteiger partial charge is 0.461 e. The van der Waals surface area contributed by atoms with E-state index < -0.39 is 5.41 Å². The predicted octanol–water partition coefficient (Wildman–Crippen LogP) is 3.85. The van der Waals surface area contributed by atoms with Crippen LogP contribution in [0.1, 0.15) is 62.1 Å². The molecule has 4 unspecified atom stereocenters. The second kappa shape index (κ2) is 4.41. The molecule has 1 aromatic heterocycles. The molecule has 2 fully saturated rings. The number of hydrogen-bond acceptors (Lipinski definition) is 4. The van der Waals surface area contributed by atoms with E-state index in [1.54, 1.807) is 6.26 Å². The van der Waals surface area contributed by atoms with Gasteiger partial charge in [0.15, 0.2) is 5.76 Å². The summed E-state index contributed by atoms with van der Waals surface area (Å²) >= 11 is 0. The summed E-state index contributed by atoms with van der Waals surface area (Å²) < 4.78 is 11.3. The summed E-state index contributed by atoms with van der Waals surface area (Å²) in [5, 5.41) is 0. The number of aryl methyl sites for hydroxylation is 1. The maximum absolute atomic E-state index is 13.1. The molecule has 4 atom stereocenters. The Morgan fingerprint density at radius 3 is 2.75 bits per heavy atom. The fraction of sp³-hybridized carbons (Fsp3) is 0.600. The molecule has 1 saturated heterocycles. The Labute approximate surface area is 141 Å². The predicted molar refractivity (Wildman–Crippen MR) is 86.4 cm³/mol. The molecule has 2 heterocycles. The number of hydrogen-bond donors (Lipinski definition) is 0. The van der Waals surface area contributed by atoms with Gasteiger partial charge >= 0.3 is 5.97 Å². The van der Waals surface area contributed by atoms with Gasteiger partial charge in [-0.1, -0.05) is 18.9 Å². The quantitative estimate of drug-likeness (QED) is 0.680. The van der Waals surface area contributed by atoms with Crippen molar-refractivity contribution >= 4 is 11.8 Å². The van der Waals surface area contributed by atoms with Gasteiger partial charge in [0.05, 0.1) is 11.7 Å². The summed E-state index contributed by atoms with van der Waals surface area (Å²) in [5.41, 5.74) is 2.63. The first-order valence-electron chi connectivity index (χ1n) is 9.00. The normalized spacial score (nSPS) is 40.6. The van der Waals surface area contributed by atoms with Crippen LogP contribution in [-0.4, -0.2) is 17.9 Å². The Morgan fingerprint density at radius 2 is 1.92 bits per heavy atom. The number of fused-ring (bicyclic) bond motifs is 2. The highest BCUT2D eigenvalue weighted by atomic mass is 16.6. The summed E-state index contributed by atoms with van der Waals surface area (Å²) in [6, 6.07) is 1.92. The van der Waals surface area contributed by atoms with Gasteiger partial charge < -0.3 is 9.15 Å². The van der Waals surface area contributed by atoms with E-state index in [1.807, 2.05) is 6.07 Å². The third-order valence-corrected chi connectivity index (χ3v) is 7.19. The lowest BCUT2D eigenvalue weighted by molar-refractivity contribution is -0.148. The molecule has 0 N–H and O–H groups in total. The van der Waals surface area contributed by atoms with Crippen LogP contribution < -0.4 is 0 Å². The maximum Gasteiger partial charge on any atom is 0.312 e. The molecule has 0 bridgehead atoms. The number of Topliss-reactive ketones (excluding diaryl/α,β-unsaturated/α-hetero) is 1. The van der Waals surface area contributed by atoms with Crippen molar-refractivity contribution in [2.24, 2.45) is 16.7 Å². The number of rotatable bonds is 0. The Morgan fingerprint density at radius 1 is 1.12 bits per heavy atom. The number of ketones is 1. The summed E-state index contributed by atoms with van der Waals surface area (Å²) in [5.74, 6) is 0.636. The molecule has 0 amide bonds. The minimum atomic E-state index is -0.391. The highest BCUT2D eigenvalue weighted by Crippen LogP contribution is 2.64. The SMILES string of the molecule is CC12CCCC3(C)C4=C(CC(OC1=O)C23)C(=O)c1occc1CC4. The van der Waals surface area contributed by atoms with Crippen molar-refractivity contribution in [1.82, 2.24) is 0 Å². The first-order valence-corrected chi connectivity index (χ1v) is 9.00. The van der Waals surface area contributed by atoms with Gasteiger partial charge in [0, 0.05) is 23.5 Å². The van der Waals surface area contributed by atoms with Gasteiger partial charge in [-0.25, -0.2) is 0 Å². The van der Waals surface area contributed by atoms with Crippen molar-refractivity contribution < 1.29 is 18.7 Å². The van der Waals surface area contributed by atoms with E-state index in [2.05, 4.69) is 13.8 Å². The highest BCUT2D eigenvalue weighted by molar-refractivity contribution is 6.09. The minimum absolute atomic E-state index is 0.0115. The Hall–Kier alpha value is -1.84. The molecule has 1 aliphatic heterocycles. The van der Waals surface area contributed by atoms with Crippen LogP contribution in [-0.2, 0) is 16.0 Å². The molecule has 1 aromatic rings. The zero-order valence-corrected chi connectivity index (χ0v) is 14.2. The molecular formula is C20H22O4. The summed E-state index contributed by atoms with van der Waals surface area (Å²) in [6.45, 7) is 4.34. The summed E-state index contributed by atoms with van der Waals surface area (Å²) in [6.07, 6.45) is 6.68. The molecule has 4 heteroatoms. The lowest BCUT2D eigenvalue weighted by Gasteiger charge is -2.52. The lowest BCUT2D eigenvalue weighted by atomic mass is 9.49. The van der Waals surface area contributed by atoms with Crippen LogP contribution in [0.25, 0.3) is 0 Å². The number of esters is 1. The second-order valence-corrected chi connectivity index (χ2v) is 8.38. The van der Waals surface area contributed by atoms with E-state index in [0.717, 1.165) is 43.2 Å². The molecule has 0 aromatic carbocycles. The Balaban J connectivity index is 1.69. The van der Waals surface area contributed by atoms with E-state index in [9.17, 15) is 9.59 Å². The zero-order valence-electron chi connectivity index (χ0n) is 14.2. The monoisotopic (exact) mass is 326 g/mol. The first kappa shape index (κ1) is 14.5. The third kappa shape index (κ3) is 1.55. The number of ether oxygens (including phenoxy) is 1. The van der Waals surface area contributed by atoms with Crippen molar-refractivity contribution in [1.29, 1.82) is 0 Å². The van der Waals surface area contributed by atoms with E-state index in [4.69, 9.17) is 9.15 Å². The number of carbonyl (C=O) groups excluding carboxylic acids is 2. The molecule has 0 radical (unpaired) electrons. The van der Waals surface area contributed by atoms with Crippen molar-refractivity contribution in [3.05, 3.63) is 34.8 Å². The van der Waals surface area contributed by atoms with E-state index in [1.165, 1.54) is 5.57 Å². The molecule has 4 aliphatic rings. The number of carbonyl (C=O) groups is 2. The average Bonchev–Trinajstić information content (AvgIpc) is 3.06. The van der Waals surface area contributed by atoms with E-state index in [-0.39, 0.29) is 29.2 Å². The van der Waals surface area contributed by atoms with Gasteiger partial charge in [-0.3, -0.25) is 9.59 Å².